The van der Waals surface area contributed by atoms with Crippen LogP contribution in [-0.2, 0) is 32.6 Å². The van der Waals surface area contributed by atoms with Gasteiger partial charge in [0.2, 0.25) is 21.8 Å². The molecule has 10 heteroatoms. The summed E-state index contributed by atoms with van der Waals surface area (Å²) in [5.74, 6) is -0.793. The van der Waals surface area contributed by atoms with E-state index in [4.69, 9.17) is 0 Å². The van der Waals surface area contributed by atoms with E-state index in [9.17, 15) is 18.0 Å². The molecule has 1 unspecified atom stereocenters. The molecule has 0 spiro atoms. The number of amides is 2. The summed E-state index contributed by atoms with van der Waals surface area (Å²) in [7, 11) is -3.80. The molecule has 39 heavy (non-hydrogen) atoms. The van der Waals surface area contributed by atoms with Crippen molar-refractivity contribution in [3.05, 3.63) is 98.0 Å². The Morgan fingerprint density at radius 2 is 1.56 bits per heavy atom. The van der Waals surface area contributed by atoms with Gasteiger partial charge in [-0.3, -0.25) is 13.9 Å². The number of nitrogens with zero attached hydrogens (tertiary/aromatic N) is 2. The lowest BCUT2D eigenvalue weighted by Gasteiger charge is -2.35. The minimum Gasteiger partial charge on any atom is -0.350 e. The fourth-order valence-electron chi connectivity index (χ4n) is 4.06. The smallest absolute Gasteiger partial charge is 0.244 e. The Kier molecular flexibility index (Phi) is 10.6. The van der Waals surface area contributed by atoms with E-state index in [2.05, 4.69) is 43.8 Å². The number of nitrogens with one attached hydrogen (secondary N) is 1. The van der Waals surface area contributed by atoms with Crippen LogP contribution in [0.5, 0.6) is 0 Å². The van der Waals surface area contributed by atoms with Gasteiger partial charge in [0, 0.05) is 26.5 Å². The van der Waals surface area contributed by atoms with Crippen LogP contribution >= 0.6 is 38.5 Å². The third kappa shape index (κ3) is 9.61. The van der Waals surface area contributed by atoms with E-state index in [1.807, 2.05) is 75.4 Å². The molecule has 0 heterocycles. The molecule has 3 aromatic carbocycles. The molecule has 7 nitrogen and oxygen atoms in total. The molecule has 0 bridgehead atoms. The molecular formula is C29H33BrIN3O4S. The number of sulfonamides is 1. The van der Waals surface area contributed by atoms with E-state index < -0.39 is 34.1 Å². The largest absolute Gasteiger partial charge is 0.350 e. The fraction of sp³-hybridized carbons (Fsp3) is 0.310. The molecule has 0 saturated heterocycles. The third-order valence-electron chi connectivity index (χ3n) is 5.81. The number of halogens is 2. The SMILES string of the molecule is CC(C)(C)NC(=O)C(Cc1ccccc1)N(Cc1cccc(Br)c1)C(=O)CN(c1ccc(I)cc1)S(C)(=O)=O. The van der Waals surface area contributed by atoms with Crippen molar-refractivity contribution < 1.29 is 18.0 Å². The van der Waals surface area contributed by atoms with Crippen LogP contribution in [0.25, 0.3) is 0 Å². The molecule has 0 aromatic heterocycles. The molecule has 0 aliphatic carbocycles. The van der Waals surface area contributed by atoms with Gasteiger partial charge in [0.1, 0.15) is 12.6 Å². The zero-order valence-corrected chi connectivity index (χ0v) is 27.0. The molecule has 0 saturated carbocycles. The summed E-state index contributed by atoms with van der Waals surface area (Å²) in [6.45, 7) is 5.33. The Balaban J connectivity index is 2.07. The summed E-state index contributed by atoms with van der Waals surface area (Å²) < 4.78 is 28.5. The first-order chi connectivity index (χ1) is 18.2. The molecule has 208 valence electrons. The van der Waals surface area contributed by atoms with Gasteiger partial charge in [-0.05, 0) is 90.9 Å². The lowest BCUT2D eigenvalue weighted by Crippen LogP contribution is -2.56. The molecule has 1 N–H and O–H groups in total. The van der Waals surface area contributed by atoms with Crippen molar-refractivity contribution >= 4 is 66.0 Å². The highest BCUT2D eigenvalue weighted by atomic mass is 127. The molecular weight excluding hydrogens is 693 g/mol. The van der Waals surface area contributed by atoms with Gasteiger partial charge in [0.15, 0.2) is 0 Å². The fourth-order valence-corrected chi connectivity index (χ4v) is 5.72. The zero-order chi connectivity index (χ0) is 28.8. The van der Waals surface area contributed by atoms with Crippen molar-refractivity contribution in [3.8, 4) is 0 Å². The van der Waals surface area contributed by atoms with E-state index in [0.29, 0.717) is 5.69 Å². The van der Waals surface area contributed by atoms with Crippen molar-refractivity contribution in [1.29, 1.82) is 0 Å². The van der Waals surface area contributed by atoms with E-state index >= 15 is 0 Å². The van der Waals surface area contributed by atoms with Gasteiger partial charge in [-0.15, -0.1) is 0 Å². The maximum Gasteiger partial charge on any atom is 0.244 e. The Labute approximate surface area is 253 Å². The summed E-state index contributed by atoms with van der Waals surface area (Å²) in [4.78, 5) is 29.3. The summed E-state index contributed by atoms with van der Waals surface area (Å²) in [6, 6.07) is 23.0. The number of hydrogen-bond acceptors (Lipinski definition) is 4. The topological polar surface area (TPSA) is 86.8 Å². The van der Waals surface area contributed by atoms with Crippen LogP contribution < -0.4 is 9.62 Å². The molecule has 2 amide bonds. The predicted molar refractivity (Wildman–Crippen MR) is 168 cm³/mol. The first-order valence-electron chi connectivity index (χ1n) is 12.4. The van der Waals surface area contributed by atoms with Gasteiger partial charge in [-0.25, -0.2) is 8.42 Å². The molecule has 1 atom stereocenters. The van der Waals surface area contributed by atoms with Gasteiger partial charge in [0.05, 0.1) is 11.9 Å². The van der Waals surface area contributed by atoms with Crippen molar-refractivity contribution in [2.24, 2.45) is 0 Å². The van der Waals surface area contributed by atoms with Gasteiger partial charge in [-0.1, -0.05) is 58.4 Å². The van der Waals surface area contributed by atoms with E-state index in [1.54, 1.807) is 24.3 Å². The predicted octanol–water partition coefficient (Wildman–Crippen LogP) is 5.37. The second kappa shape index (κ2) is 13.3. The molecule has 0 aliphatic rings. The van der Waals surface area contributed by atoms with Crippen LogP contribution in [0.15, 0.2) is 83.3 Å². The maximum atomic E-state index is 14.1. The Morgan fingerprint density at radius 3 is 2.13 bits per heavy atom. The summed E-state index contributed by atoms with van der Waals surface area (Å²) in [5, 5.41) is 3.02. The number of carbonyl (C=O) groups excluding carboxylic acids is 2. The summed E-state index contributed by atoms with van der Waals surface area (Å²) in [5.41, 5.74) is 1.54. The van der Waals surface area contributed by atoms with Crippen LogP contribution in [0.2, 0.25) is 0 Å². The van der Waals surface area contributed by atoms with E-state index in [-0.39, 0.29) is 18.9 Å². The van der Waals surface area contributed by atoms with Gasteiger partial charge < -0.3 is 10.2 Å². The second-order valence-corrected chi connectivity index (χ2v) is 14.4. The Hall–Kier alpha value is -2.44. The van der Waals surface area contributed by atoms with Crippen molar-refractivity contribution in [2.45, 2.75) is 45.3 Å². The average molecular weight is 726 g/mol. The highest BCUT2D eigenvalue weighted by Crippen LogP contribution is 2.22. The minimum atomic E-state index is -3.80. The first kappa shape index (κ1) is 31.1. The van der Waals surface area contributed by atoms with Crippen LogP contribution in [0.4, 0.5) is 5.69 Å². The number of carbonyl (C=O) groups is 2. The monoisotopic (exact) mass is 725 g/mol. The van der Waals surface area contributed by atoms with E-state index in [0.717, 1.165) is 29.7 Å². The van der Waals surface area contributed by atoms with Gasteiger partial charge >= 0.3 is 0 Å². The molecule has 3 rings (SSSR count). The Morgan fingerprint density at radius 1 is 0.949 bits per heavy atom. The number of hydrogen-bond donors (Lipinski definition) is 1. The molecule has 0 radical (unpaired) electrons. The van der Waals surface area contributed by atoms with Crippen LogP contribution in [0, 0.1) is 3.57 Å². The highest BCUT2D eigenvalue weighted by Gasteiger charge is 2.34. The minimum absolute atomic E-state index is 0.123. The highest BCUT2D eigenvalue weighted by molar-refractivity contribution is 14.1. The maximum absolute atomic E-state index is 14.1. The Bertz CT molecular complexity index is 1390. The normalized spacial score (nSPS) is 12.5. The van der Waals surface area contributed by atoms with Crippen molar-refractivity contribution in [1.82, 2.24) is 10.2 Å². The second-order valence-electron chi connectivity index (χ2n) is 10.3. The molecule has 0 fully saturated rings. The standard InChI is InChI=1S/C29H33BrIN3O4S/c1-29(2,3)32-28(36)26(18-21-9-6-5-7-10-21)33(19-22-11-8-12-23(30)17-22)27(35)20-34(39(4,37)38)25-15-13-24(31)14-16-25/h5-17,26H,18-20H2,1-4H3,(H,32,36). The molecule has 0 aliphatic heterocycles. The number of anilines is 1. The molecule has 3 aromatic rings. The lowest BCUT2D eigenvalue weighted by atomic mass is 10.0. The quantitative estimate of drug-likeness (QED) is 0.285. The van der Waals surface area contributed by atoms with Crippen molar-refractivity contribution in [2.75, 3.05) is 17.1 Å². The van der Waals surface area contributed by atoms with Gasteiger partial charge in [0.25, 0.3) is 0 Å². The van der Waals surface area contributed by atoms with E-state index in [1.165, 1.54) is 4.90 Å². The summed E-state index contributed by atoms with van der Waals surface area (Å²) >= 11 is 5.62. The van der Waals surface area contributed by atoms with Crippen molar-refractivity contribution in [3.63, 3.8) is 0 Å². The number of rotatable bonds is 10. The first-order valence-corrected chi connectivity index (χ1v) is 16.1. The van der Waals surface area contributed by atoms with Crippen LogP contribution in [-0.4, -0.2) is 49.5 Å². The lowest BCUT2D eigenvalue weighted by molar-refractivity contribution is -0.140. The average Bonchev–Trinajstić information content (AvgIpc) is 2.84. The third-order valence-corrected chi connectivity index (χ3v) is 8.16. The zero-order valence-electron chi connectivity index (χ0n) is 22.4. The summed E-state index contributed by atoms with van der Waals surface area (Å²) in [6.07, 6.45) is 1.34. The van der Waals surface area contributed by atoms with Crippen LogP contribution in [0.1, 0.15) is 31.9 Å². The number of benzene rings is 3. The van der Waals surface area contributed by atoms with Gasteiger partial charge in [-0.2, -0.15) is 0 Å². The van der Waals surface area contributed by atoms with Crippen LogP contribution in [0.3, 0.4) is 0 Å².